The number of rotatable bonds is 5. The summed E-state index contributed by atoms with van der Waals surface area (Å²) in [5, 5.41) is 0. The first-order valence-electron chi connectivity index (χ1n) is 10.4. The molecule has 1 aliphatic carbocycles. The molecule has 0 amide bonds. The van der Waals surface area contributed by atoms with Gasteiger partial charge in [-0.15, -0.1) is 0 Å². The normalized spacial score (nSPS) is 17.0. The molecule has 5 rings (SSSR count). The van der Waals surface area contributed by atoms with Gasteiger partial charge < -0.3 is 9.64 Å². The third-order valence-electron chi connectivity index (χ3n) is 6.17. The fraction of sp³-hybridized carbons (Fsp3) is 0.391. The lowest BCUT2D eigenvalue weighted by Crippen LogP contribution is -2.60. The van der Waals surface area contributed by atoms with Crippen LogP contribution in [0.4, 0.5) is 10.2 Å². The maximum atomic E-state index is 14.2. The van der Waals surface area contributed by atoms with Crippen LogP contribution in [0.15, 0.2) is 43.2 Å². The molecule has 1 aliphatic heterocycles. The first kappa shape index (κ1) is 18.9. The van der Waals surface area contributed by atoms with Crippen LogP contribution in [0.3, 0.4) is 0 Å². The molecule has 7 heteroatoms. The van der Waals surface area contributed by atoms with Gasteiger partial charge in [-0.1, -0.05) is 20.3 Å². The van der Waals surface area contributed by atoms with Crippen LogP contribution in [0.2, 0.25) is 0 Å². The van der Waals surface area contributed by atoms with E-state index in [-0.39, 0.29) is 11.7 Å². The second kappa shape index (κ2) is 7.31. The lowest BCUT2D eigenvalue weighted by atomic mass is 9.63. The van der Waals surface area contributed by atoms with Gasteiger partial charge >= 0.3 is 0 Å². The number of aromatic nitrogens is 4. The molecule has 6 nitrogen and oxygen atoms in total. The molecular formula is C23H24FN5O. The smallest absolute Gasteiger partial charge is 0.188 e. The van der Waals surface area contributed by atoms with Crippen molar-refractivity contribution in [1.82, 2.24) is 19.9 Å². The molecule has 3 heterocycles. The van der Waals surface area contributed by atoms with Gasteiger partial charge in [-0.25, -0.2) is 24.3 Å². The molecule has 154 valence electrons. The zero-order chi connectivity index (χ0) is 20.7. The predicted octanol–water partition coefficient (Wildman–Crippen LogP) is 4.98. The number of anilines is 1. The van der Waals surface area contributed by atoms with Gasteiger partial charge in [-0.3, -0.25) is 0 Å². The van der Waals surface area contributed by atoms with E-state index in [1.807, 2.05) is 0 Å². The fourth-order valence-electron chi connectivity index (χ4n) is 4.45. The highest BCUT2D eigenvalue weighted by molar-refractivity contribution is 5.73. The fourth-order valence-corrected chi connectivity index (χ4v) is 4.45. The van der Waals surface area contributed by atoms with Crippen molar-refractivity contribution >= 4 is 5.82 Å². The SMILES string of the molecule is CC(C)c1ncncc1-c1cc(F)ccc1Oc1cncnc1N1CC2(CCC2)C1. The van der Waals surface area contributed by atoms with E-state index in [1.165, 1.54) is 37.7 Å². The van der Waals surface area contributed by atoms with E-state index in [0.29, 0.717) is 22.5 Å². The molecule has 0 atom stereocenters. The number of nitrogens with zero attached hydrogens (tertiary/aromatic N) is 5. The summed E-state index contributed by atoms with van der Waals surface area (Å²) in [6.45, 7) is 6.10. The van der Waals surface area contributed by atoms with Crippen LogP contribution in [0.1, 0.15) is 44.7 Å². The highest BCUT2D eigenvalue weighted by Crippen LogP contribution is 2.50. The minimum atomic E-state index is -0.338. The molecule has 3 aromatic rings. The Bertz CT molecular complexity index is 1070. The largest absolute Gasteiger partial charge is 0.451 e. The first-order valence-corrected chi connectivity index (χ1v) is 10.4. The number of halogens is 1. The highest BCUT2D eigenvalue weighted by Gasteiger charge is 2.48. The first-order chi connectivity index (χ1) is 14.5. The van der Waals surface area contributed by atoms with E-state index in [9.17, 15) is 4.39 Å². The summed E-state index contributed by atoms with van der Waals surface area (Å²) in [6.07, 6.45) is 10.3. The summed E-state index contributed by atoms with van der Waals surface area (Å²) < 4.78 is 20.4. The van der Waals surface area contributed by atoms with Crippen LogP contribution in [-0.4, -0.2) is 33.0 Å². The zero-order valence-electron chi connectivity index (χ0n) is 17.2. The lowest BCUT2D eigenvalue weighted by molar-refractivity contribution is 0.0892. The van der Waals surface area contributed by atoms with Gasteiger partial charge in [-0.05, 0) is 37.0 Å². The quantitative estimate of drug-likeness (QED) is 0.597. The van der Waals surface area contributed by atoms with Crippen LogP contribution >= 0.6 is 0 Å². The van der Waals surface area contributed by atoms with E-state index >= 15 is 0 Å². The van der Waals surface area contributed by atoms with Gasteiger partial charge in [0.25, 0.3) is 0 Å². The standard InChI is InChI=1S/C23H24FN5O/c1-15(2)21-18(9-25-13-27-21)17-8-16(24)4-5-19(17)30-20-10-26-14-28-22(20)29-11-23(12-29)6-3-7-23/h4-5,8-10,13-15H,3,6-7,11-12H2,1-2H3. The maximum Gasteiger partial charge on any atom is 0.188 e. The molecule has 1 saturated carbocycles. The molecule has 2 fully saturated rings. The van der Waals surface area contributed by atoms with E-state index in [2.05, 4.69) is 38.7 Å². The Labute approximate surface area is 175 Å². The molecule has 2 aromatic heterocycles. The Kier molecular flexibility index (Phi) is 4.60. The molecule has 0 radical (unpaired) electrons. The van der Waals surface area contributed by atoms with E-state index in [1.54, 1.807) is 24.8 Å². The molecule has 1 aromatic carbocycles. The predicted molar refractivity (Wildman–Crippen MR) is 112 cm³/mol. The summed E-state index contributed by atoms with van der Waals surface area (Å²) in [5.74, 6) is 1.71. The summed E-state index contributed by atoms with van der Waals surface area (Å²) in [5.41, 5.74) is 2.70. The molecule has 0 unspecified atom stereocenters. The van der Waals surface area contributed by atoms with Gasteiger partial charge in [-0.2, -0.15) is 0 Å². The van der Waals surface area contributed by atoms with Crippen molar-refractivity contribution < 1.29 is 9.13 Å². The number of benzene rings is 1. The van der Waals surface area contributed by atoms with Crippen LogP contribution in [-0.2, 0) is 0 Å². The molecular weight excluding hydrogens is 381 g/mol. The zero-order valence-corrected chi connectivity index (χ0v) is 17.2. The van der Waals surface area contributed by atoms with Gasteiger partial charge in [0.1, 0.15) is 24.2 Å². The second-order valence-electron chi connectivity index (χ2n) is 8.64. The van der Waals surface area contributed by atoms with Gasteiger partial charge in [0.15, 0.2) is 11.6 Å². The van der Waals surface area contributed by atoms with Crippen LogP contribution < -0.4 is 9.64 Å². The van der Waals surface area contributed by atoms with Crippen LogP contribution in [0, 0.1) is 11.2 Å². The average Bonchev–Trinajstić information content (AvgIpc) is 2.68. The summed E-state index contributed by atoms with van der Waals surface area (Å²) >= 11 is 0. The Morgan fingerprint density at radius 1 is 1.00 bits per heavy atom. The Morgan fingerprint density at radius 3 is 2.50 bits per heavy atom. The van der Waals surface area contributed by atoms with Crippen LogP contribution in [0.25, 0.3) is 11.1 Å². The second-order valence-corrected chi connectivity index (χ2v) is 8.64. The Hall–Kier alpha value is -3.09. The summed E-state index contributed by atoms with van der Waals surface area (Å²) in [6, 6.07) is 4.51. The van der Waals surface area contributed by atoms with Crippen molar-refractivity contribution in [3.05, 3.63) is 54.8 Å². The van der Waals surface area contributed by atoms with Crippen molar-refractivity contribution in [2.24, 2.45) is 5.41 Å². The molecule has 2 aliphatic rings. The van der Waals surface area contributed by atoms with E-state index < -0.39 is 0 Å². The van der Waals surface area contributed by atoms with Crippen molar-refractivity contribution in [2.75, 3.05) is 18.0 Å². The third kappa shape index (κ3) is 3.28. The van der Waals surface area contributed by atoms with E-state index in [0.717, 1.165) is 30.2 Å². The molecule has 1 saturated heterocycles. The summed E-state index contributed by atoms with van der Waals surface area (Å²) in [7, 11) is 0. The van der Waals surface area contributed by atoms with Crippen LogP contribution in [0.5, 0.6) is 11.5 Å². The molecule has 0 bridgehead atoms. The van der Waals surface area contributed by atoms with Gasteiger partial charge in [0.2, 0.25) is 0 Å². The molecule has 1 spiro atoms. The van der Waals surface area contributed by atoms with Gasteiger partial charge in [0, 0.05) is 35.8 Å². The average molecular weight is 405 g/mol. The number of ether oxygens (including phenoxy) is 1. The summed E-state index contributed by atoms with van der Waals surface area (Å²) in [4.78, 5) is 19.4. The minimum Gasteiger partial charge on any atom is -0.451 e. The Balaban J connectivity index is 1.50. The lowest BCUT2D eigenvalue weighted by Gasteiger charge is -2.56. The number of hydrogen-bond donors (Lipinski definition) is 0. The highest BCUT2D eigenvalue weighted by atomic mass is 19.1. The van der Waals surface area contributed by atoms with Gasteiger partial charge in [0.05, 0.1) is 11.9 Å². The third-order valence-corrected chi connectivity index (χ3v) is 6.17. The topological polar surface area (TPSA) is 64.0 Å². The number of hydrogen-bond acceptors (Lipinski definition) is 6. The maximum absolute atomic E-state index is 14.2. The monoisotopic (exact) mass is 405 g/mol. The minimum absolute atomic E-state index is 0.162. The molecule has 30 heavy (non-hydrogen) atoms. The van der Waals surface area contributed by atoms with Crippen molar-refractivity contribution in [3.8, 4) is 22.6 Å². The van der Waals surface area contributed by atoms with E-state index in [4.69, 9.17) is 4.74 Å². The van der Waals surface area contributed by atoms with Crippen molar-refractivity contribution in [1.29, 1.82) is 0 Å². The van der Waals surface area contributed by atoms with Crippen molar-refractivity contribution in [2.45, 2.75) is 39.0 Å². The van der Waals surface area contributed by atoms with Crippen molar-refractivity contribution in [3.63, 3.8) is 0 Å². The Morgan fingerprint density at radius 2 is 1.77 bits per heavy atom. The molecule has 0 N–H and O–H groups in total.